The predicted octanol–water partition coefficient (Wildman–Crippen LogP) is 4.97. The molecular weight excluding hydrogens is 288 g/mol. The molecule has 3 aromatic rings. The minimum atomic E-state index is 0.579. The van der Waals surface area contributed by atoms with Crippen LogP contribution in [0.4, 0.5) is 5.69 Å². The van der Waals surface area contributed by atoms with Crippen molar-refractivity contribution >= 4 is 39.5 Å². The lowest BCUT2D eigenvalue weighted by molar-refractivity contribution is 0.832. The SMILES string of the molecule is Clc1nc2cc3c(cc2cc1-c1cccs1)CCCN3. The molecule has 2 nitrogen and oxygen atoms in total. The van der Waals surface area contributed by atoms with Gasteiger partial charge in [-0.3, -0.25) is 0 Å². The van der Waals surface area contributed by atoms with Gasteiger partial charge in [0, 0.05) is 28.1 Å². The molecule has 4 rings (SSSR count). The van der Waals surface area contributed by atoms with Gasteiger partial charge in [-0.05, 0) is 48.1 Å². The van der Waals surface area contributed by atoms with Gasteiger partial charge in [0.25, 0.3) is 0 Å². The van der Waals surface area contributed by atoms with Crippen molar-refractivity contribution in [1.82, 2.24) is 4.98 Å². The first-order valence-corrected chi connectivity index (χ1v) is 7.98. The molecule has 1 N–H and O–H groups in total. The van der Waals surface area contributed by atoms with Gasteiger partial charge in [-0.15, -0.1) is 11.3 Å². The van der Waals surface area contributed by atoms with Crippen molar-refractivity contribution in [2.24, 2.45) is 0 Å². The average molecular weight is 301 g/mol. The molecule has 1 aliphatic rings. The number of rotatable bonds is 1. The molecule has 1 aromatic carbocycles. The van der Waals surface area contributed by atoms with E-state index in [1.54, 1.807) is 11.3 Å². The Labute approximate surface area is 126 Å². The van der Waals surface area contributed by atoms with Gasteiger partial charge in [-0.1, -0.05) is 17.7 Å². The van der Waals surface area contributed by atoms with Gasteiger partial charge in [-0.25, -0.2) is 4.98 Å². The molecule has 0 fully saturated rings. The summed E-state index contributed by atoms with van der Waals surface area (Å²) in [7, 11) is 0. The van der Waals surface area contributed by atoms with Gasteiger partial charge in [0.15, 0.2) is 0 Å². The molecule has 0 saturated carbocycles. The number of pyridine rings is 1. The zero-order valence-corrected chi connectivity index (χ0v) is 12.4. The van der Waals surface area contributed by atoms with Crippen LogP contribution < -0.4 is 5.32 Å². The van der Waals surface area contributed by atoms with E-state index in [1.165, 1.54) is 27.9 Å². The topological polar surface area (TPSA) is 24.9 Å². The molecule has 20 heavy (non-hydrogen) atoms. The Morgan fingerprint density at radius 1 is 1.25 bits per heavy atom. The van der Waals surface area contributed by atoms with Gasteiger partial charge < -0.3 is 5.32 Å². The van der Waals surface area contributed by atoms with Gasteiger partial charge in [0.1, 0.15) is 5.15 Å². The third kappa shape index (κ3) is 1.98. The van der Waals surface area contributed by atoms with Crippen LogP contribution in [0.2, 0.25) is 5.15 Å². The van der Waals surface area contributed by atoms with Gasteiger partial charge in [-0.2, -0.15) is 0 Å². The second kappa shape index (κ2) is 4.76. The molecule has 0 atom stereocenters. The van der Waals surface area contributed by atoms with E-state index >= 15 is 0 Å². The third-order valence-corrected chi connectivity index (χ3v) is 4.91. The maximum Gasteiger partial charge on any atom is 0.138 e. The molecule has 100 valence electrons. The quantitative estimate of drug-likeness (QED) is 0.641. The average Bonchev–Trinajstić information content (AvgIpc) is 2.98. The molecule has 0 amide bonds. The summed E-state index contributed by atoms with van der Waals surface area (Å²) in [4.78, 5) is 5.74. The van der Waals surface area contributed by atoms with Crippen molar-refractivity contribution in [2.75, 3.05) is 11.9 Å². The van der Waals surface area contributed by atoms with E-state index < -0.39 is 0 Å². The van der Waals surface area contributed by atoms with Crippen LogP contribution >= 0.6 is 22.9 Å². The molecule has 1 aliphatic heterocycles. The number of fused-ring (bicyclic) bond motifs is 2. The van der Waals surface area contributed by atoms with E-state index in [0.717, 1.165) is 24.0 Å². The second-order valence-electron chi connectivity index (χ2n) is 5.04. The minimum Gasteiger partial charge on any atom is -0.385 e. The second-order valence-corrected chi connectivity index (χ2v) is 6.34. The molecule has 0 saturated heterocycles. The zero-order valence-electron chi connectivity index (χ0n) is 10.8. The summed E-state index contributed by atoms with van der Waals surface area (Å²) in [5, 5.41) is 7.24. The summed E-state index contributed by atoms with van der Waals surface area (Å²) >= 11 is 8.04. The fourth-order valence-electron chi connectivity index (χ4n) is 2.72. The summed E-state index contributed by atoms with van der Waals surface area (Å²) < 4.78 is 0. The zero-order chi connectivity index (χ0) is 13.5. The summed E-state index contributed by atoms with van der Waals surface area (Å²) in [5.74, 6) is 0. The van der Waals surface area contributed by atoms with Crippen LogP contribution in [0.1, 0.15) is 12.0 Å². The maximum atomic E-state index is 6.35. The Balaban J connectivity index is 1.94. The number of halogens is 1. The summed E-state index contributed by atoms with van der Waals surface area (Å²) in [5.41, 5.74) is 4.57. The van der Waals surface area contributed by atoms with Crippen molar-refractivity contribution in [1.29, 1.82) is 0 Å². The molecule has 0 spiro atoms. The first kappa shape index (κ1) is 12.2. The van der Waals surface area contributed by atoms with Crippen molar-refractivity contribution < 1.29 is 0 Å². The van der Waals surface area contributed by atoms with Crippen molar-refractivity contribution in [3.05, 3.63) is 46.4 Å². The molecule has 0 aliphatic carbocycles. The van der Waals surface area contributed by atoms with Gasteiger partial charge in [0.05, 0.1) is 5.52 Å². The van der Waals surface area contributed by atoms with Crippen molar-refractivity contribution in [3.63, 3.8) is 0 Å². The van der Waals surface area contributed by atoms with Gasteiger partial charge >= 0.3 is 0 Å². The maximum absolute atomic E-state index is 6.35. The third-order valence-electron chi connectivity index (χ3n) is 3.72. The summed E-state index contributed by atoms with van der Waals surface area (Å²) in [6.45, 7) is 1.04. The Hall–Kier alpha value is -1.58. The molecule has 4 heteroatoms. The Bertz CT molecular complexity index is 781. The number of hydrogen-bond acceptors (Lipinski definition) is 3. The Morgan fingerprint density at radius 3 is 3.05 bits per heavy atom. The van der Waals surface area contributed by atoms with E-state index in [0.29, 0.717) is 5.15 Å². The molecular formula is C16H13ClN2S. The number of anilines is 1. The fraction of sp³-hybridized carbons (Fsp3) is 0.188. The molecule has 0 radical (unpaired) electrons. The van der Waals surface area contributed by atoms with Crippen LogP contribution in [0.15, 0.2) is 35.7 Å². The highest BCUT2D eigenvalue weighted by molar-refractivity contribution is 7.13. The van der Waals surface area contributed by atoms with E-state index in [2.05, 4.69) is 39.9 Å². The van der Waals surface area contributed by atoms with E-state index in [-0.39, 0.29) is 0 Å². The molecule has 3 heterocycles. The number of benzene rings is 1. The van der Waals surface area contributed by atoms with Crippen LogP contribution in [0.5, 0.6) is 0 Å². The molecule has 2 aromatic heterocycles. The number of aryl methyl sites for hydroxylation is 1. The highest BCUT2D eigenvalue weighted by atomic mass is 35.5. The number of nitrogens with zero attached hydrogens (tertiary/aromatic N) is 1. The van der Waals surface area contributed by atoms with Crippen LogP contribution in [0.3, 0.4) is 0 Å². The van der Waals surface area contributed by atoms with E-state index in [9.17, 15) is 0 Å². The number of aromatic nitrogens is 1. The highest BCUT2D eigenvalue weighted by Crippen LogP contribution is 2.35. The van der Waals surface area contributed by atoms with E-state index in [1.807, 2.05) is 6.07 Å². The standard InChI is InChI=1S/C16H13ClN2S/c17-16-12(15-4-2-6-20-15)8-11-7-10-3-1-5-18-13(10)9-14(11)19-16/h2,4,6-9,18H,1,3,5H2. The predicted molar refractivity (Wildman–Crippen MR) is 86.9 cm³/mol. The van der Waals surface area contributed by atoms with Crippen molar-refractivity contribution in [2.45, 2.75) is 12.8 Å². The lowest BCUT2D eigenvalue weighted by atomic mass is 10.00. The smallest absolute Gasteiger partial charge is 0.138 e. The largest absolute Gasteiger partial charge is 0.385 e. The number of hydrogen-bond donors (Lipinski definition) is 1. The van der Waals surface area contributed by atoms with Crippen LogP contribution in [-0.4, -0.2) is 11.5 Å². The molecule has 0 unspecified atom stereocenters. The van der Waals surface area contributed by atoms with Gasteiger partial charge in [0.2, 0.25) is 0 Å². The number of thiophene rings is 1. The first-order valence-electron chi connectivity index (χ1n) is 6.72. The number of nitrogens with one attached hydrogen (secondary N) is 1. The monoisotopic (exact) mass is 300 g/mol. The summed E-state index contributed by atoms with van der Waals surface area (Å²) in [6.07, 6.45) is 2.33. The fourth-order valence-corrected chi connectivity index (χ4v) is 3.77. The summed E-state index contributed by atoms with van der Waals surface area (Å²) in [6, 6.07) is 10.6. The molecule has 0 bridgehead atoms. The van der Waals surface area contributed by atoms with Crippen LogP contribution in [0, 0.1) is 0 Å². The highest BCUT2D eigenvalue weighted by Gasteiger charge is 2.13. The lowest BCUT2D eigenvalue weighted by Crippen LogP contribution is -2.11. The first-order chi connectivity index (χ1) is 9.81. The minimum absolute atomic E-state index is 0.579. The Morgan fingerprint density at radius 2 is 2.20 bits per heavy atom. The normalized spacial score (nSPS) is 14.1. The van der Waals surface area contributed by atoms with Crippen molar-refractivity contribution in [3.8, 4) is 10.4 Å². The van der Waals surface area contributed by atoms with Crippen LogP contribution in [-0.2, 0) is 6.42 Å². The van der Waals surface area contributed by atoms with E-state index in [4.69, 9.17) is 11.6 Å². The lowest BCUT2D eigenvalue weighted by Gasteiger charge is -2.18. The van der Waals surface area contributed by atoms with Crippen LogP contribution in [0.25, 0.3) is 21.3 Å². The Kier molecular flexibility index (Phi) is 2.90.